The molecule has 136 valence electrons. The molecule has 27 heavy (non-hydrogen) atoms. The van der Waals surface area contributed by atoms with Crippen molar-refractivity contribution in [3.63, 3.8) is 0 Å². The van der Waals surface area contributed by atoms with E-state index >= 15 is 0 Å². The van der Waals surface area contributed by atoms with Crippen LogP contribution in [0.1, 0.15) is 58.4 Å². The molecule has 6 heteroatoms. The van der Waals surface area contributed by atoms with Crippen molar-refractivity contribution in [3.05, 3.63) is 59.2 Å². The molecule has 1 N–H and O–H groups in total. The van der Waals surface area contributed by atoms with Gasteiger partial charge >= 0.3 is 35.5 Å². The minimum atomic E-state index is -1.19. The van der Waals surface area contributed by atoms with E-state index in [1.807, 2.05) is 7.05 Å². The van der Waals surface area contributed by atoms with Gasteiger partial charge in [-0.3, -0.25) is 4.79 Å². The molecule has 2 aromatic rings. The van der Waals surface area contributed by atoms with E-state index in [4.69, 9.17) is 0 Å². The van der Waals surface area contributed by atoms with Gasteiger partial charge in [0.05, 0.1) is 5.56 Å². The molecule has 1 aliphatic rings. The Labute approximate surface area is 181 Å². The van der Waals surface area contributed by atoms with Crippen molar-refractivity contribution in [2.45, 2.75) is 38.1 Å². The Balaban J connectivity index is 0.00000261. The standard InChI is InChI=1S/C21H23NO4.Na/c1-22(14-7-3-2-4-8-14)15-11-12-18(19(23)13-15)20(24)16-9-5-6-10-17(16)21(25)26;/h5-6,9-14,23H,2-4,7-8H2,1H3,(H,25,26);/q;+1/p-1. The summed E-state index contributed by atoms with van der Waals surface area (Å²) in [5, 5.41) is 21.8. The number of carboxylic acids is 1. The zero-order valence-electron chi connectivity index (χ0n) is 15.8. The third kappa shape index (κ3) is 4.72. The van der Waals surface area contributed by atoms with Crippen LogP contribution in [0.25, 0.3) is 0 Å². The Morgan fingerprint density at radius 2 is 1.63 bits per heavy atom. The average molecular weight is 375 g/mol. The fourth-order valence-corrected chi connectivity index (χ4v) is 3.61. The van der Waals surface area contributed by atoms with Crippen LogP contribution >= 0.6 is 0 Å². The summed E-state index contributed by atoms with van der Waals surface area (Å²) in [7, 11) is 1.98. The number of carbonyl (C=O) groups excluding carboxylic acids is 1. The van der Waals surface area contributed by atoms with E-state index in [0.29, 0.717) is 6.04 Å². The van der Waals surface area contributed by atoms with Crippen molar-refractivity contribution in [1.82, 2.24) is 0 Å². The summed E-state index contributed by atoms with van der Waals surface area (Å²) in [6.07, 6.45) is 5.87. The molecule has 1 aliphatic carbocycles. The van der Waals surface area contributed by atoms with Crippen LogP contribution in [0, 0.1) is 0 Å². The van der Waals surface area contributed by atoms with E-state index in [9.17, 15) is 19.8 Å². The number of hydrogen-bond acceptors (Lipinski definition) is 4. The summed E-state index contributed by atoms with van der Waals surface area (Å²) in [6, 6.07) is 11.1. The Morgan fingerprint density at radius 1 is 1.00 bits per heavy atom. The van der Waals surface area contributed by atoms with Gasteiger partial charge in [-0.1, -0.05) is 43.2 Å². The predicted molar refractivity (Wildman–Crippen MR) is 98.0 cm³/mol. The van der Waals surface area contributed by atoms with E-state index in [1.54, 1.807) is 18.2 Å². The molecule has 0 unspecified atom stereocenters. The third-order valence-electron chi connectivity index (χ3n) is 5.14. The number of carboxylic acid groups (broad SMARTS) is 1. The van der Waals surface area contributed by atoms with Crippen molar-refractivity contribution >= 4 is 17.4 Å². The molecule has 0 amide bonds. The Kier molecular flexibility index (Phi) is 7.48. The summed E-state index contributed by atoms with van der Waals surface area (Å²) in [4.78, 5) is 26.1. The van der Waals surface area contributed by atoms with Gasteiger partial charge in [-0.25, -0.2) is 4.79 Å². The number of aromatic carboxylic acids is 1. The maximum atomic E-state index is 12.7. The zero-order chi connectivity index (χ0) is 18.7. The second-order valence-corrected chi connectivity index (χ2v) is 6.76. The molecule has 0 aliphatic heterocycles. The summed E-state index contributed by atoms with van der Waals surface area (Å²) < 4.78 is 0. The number of anilines is 1. The number of nitrogens with zero attached hydrogens (tertiary/aromatic N) is 1. The third-order valence-corrected chi connectivity index (χ3v) is 5.14. The number of benzene rings is 2. The topological polar surface area (TPSA) is 80.7 Å². The quantitative estimate of drug-likeness (QED) is 0.607. The van der Waals surface area contributed by atoms with Gasteiger partial charge in [0, 0.05) is 29.9 Å². The number of rotatable bonds is 5. The van der Waals surface area contributed by atoms with Crippen LogP contribution in [0.5, 0.6) is 5.75 Å². The van der Waals surface area contributed by atoms with Gasteiger partial charge in [0.1, 0.15) is 0 Å². The average Bonchev–Trinajstić information content (AvgIpc) is 2.67. The molecule has 1 saturated carbocycles. The first kappa shape index (κ1) is 21.5. The molecule has 0 heterocycles. The maximum Gasteiger partial charge on any atom is 1.00 e. The second-order valence-electron chi connectivity index (χ2n) is 6.76. The van der Waals surface area contributed by atoms with E-state index in [0.717, 1.165) is 18.5 Å². The molecule has 0 saturated heterocycles. The van der Waals surface area contributed by atoms with Crippen molar-refractivity contribution < 1.29 is 49.4 Å². The molecule has 2 aromatic carbocycles. The smallest absolute Gasteiger partial charge is 0.872 e. The van der Waals surface area contributed by atoms with Crippen LogP contribution in [-0.4, -0.2) is 29.9 Å². The first-order valence-electron chi connectivity index (χ1n) is 8.90. The van der Waals surface area contributed by atoms with Crippen LogP contribution in [0.4, 0.5) is 5.69 Å². The van der Waals surface area contributed by atoms with Gasteiger partial charge < -0.3 is 15.1 Å². The van der Waals surface area contributed by atoms with Crippen LogP contribution < -0.4 is 39.6 Å². The number of hydrogen-bond donors (Lipinski definition) is 1. The minimum Gasteiger partial charge on any atom is -0.872 e. The van der Waals surface area contributed by atoms with Gasteiger partial charge in [-0.05, 0) is 37.1 Å². The van der Waals surface area contributed by atoms with Gasteiger partial charge in [0.15, 0.2) is 5.78 Å². The Hall–Kier alpha value is -1.82. The van der Waals surface area contributed by atoms with Gasteiger partial charge in [-0.15, -0.1) is 0 Å². The van der Waals surface area contributed by atoms with Crippen molar-refractivity contribution in [3.8, 4) is 5.75 Å². The van der Waals surface area contributed by atoms with Crippen LogP contribution in [0.15, 0.2) is 42.5 Å². The summed E-state index contributed by atoms with van der Waals surface area (Å²) in [5.41, 5.74) is 0.732. The molecule has 0 radical (unpaired) electrons. The normalized spacial score (nSPS) is 14.3. The molecular weight excluding hydrogens is 353 g/mol. The Morgan fingerprint density at radius 3 is 2.22 bits per heavy atom. The SMILES string of the molecule is CN(c1ccc(C(=O)c2ccccc2C(=O)O)c([O-])c1)C1CCCCC1.[Na+]. The molecule has 5 nitrogen and oxygen atoms in total. The van der Waals surface area contributed by atoms with Crippen LogP contribution in [0.3, 0.4) is 0 Å². The van der Waals surface area contributed by atoms with Gasteiger partial charge in [0.2, 0.25) is 0 Å². The fraction of sp³-hybridized carbons (Fsp3) is 0.333. The van der Waals surface area contributed by atoms with Crippen molar-refractivity contribution in [2.75, 3.05) is 11.9 Å². The molecule has 0 aromatic heterocycles. The van der Waals surface area contributed by atoms with E-state index < -0.39 is 11.8 Å². The molecule has 0 atom stereocenters. The summed E-state index contributed by atoms with van der Waals surface area (Å²) in [5.74, 6) is -2.12. The second kappa shape index (κ2) is 9.40. The van der Waals surface area contributed by atoms with Crippen LogP contribution in [-0.2, 0) is 0 Å². The fourth-order valence-electron chi connectivity index (χ4n) is 3.61. The monoisotopic (exact) mass is 375 g/mol. The molecule has 1 fully saturated rings. The van der Waals surface area contributed by atoms with Gasteiger partial charge in [0.25, 0.3) is 0 Å². The number of carbonyl (C=O) groups is 2. The molecular formula is C21H22NNaO4. The van der Waals surface area contributed by atoms with Crippen molar-refractivity contribution in [1.29, 1.82) is 0 Å². The van der Waals surface area contributed by atoms with Crippen molar-refractivity contribution in [2.24, 2.45) is 0 Å². The first-order chi connectivity index (χ1) is 12.5. The van der Waals surface area contributed by atoms with E-state index in [1.165, 1.54) is 43.5 Å². The maximum absolute atomic E-state index is 12.7. The first-order valence-corrected chi connectivity index (χ1v) is 8.90. The van der Waals surface area contributed by atoms with E-state index in [-0.39, 0.29) is 52.0 Å². The number of ketones is 1. The predicted octanol–water partition coefficient (Wildman–Crippen LogP) is 0.462. The van der Waals surface area contributed by atoms with Gasteiger partial charge in [-0.2, -0.15) is 0 Å². The zero-order valence-corrected chi connectivity index (χ0v) is 17.8. The summed E-state index contributed by atoms with van der Waals surface area (Å²) in [6.45, 7) is 0. The van der Waals surface area contributed by atoms with E-state index in [2.05, 4.69) is 4.90 Å². The largest absolute Gasteiger partial charge is 1.00 e. The molecule has 3 rings (SSSR count). The van der Waals surface area contributed by atoms with Crippen LogP contribution in [0.2, 0.25) is 0 Å². The molecule has 0 bridgehead atoms. The Bertz CT molecular complexity index is 831. The molecule has 0 spiro atoms. The minimum absolute atomic E-state index is 0. The summed E-state index contributed by atoms with van der Waals surface area (Å²) >= 11 is 0.